The quantitative estimate of drug-likeness (QED) is 0.848. The van der Waals surface area contributed by atoms with Crippen molar-refractivity contribution in [3.8, 4) is 0 Å². The Morgan fingerprint density at radius 3 is 2.75 bits per heavy atom. The van der Waals surface area contributed by atoms with Crippen LogP contribution in [0.15, 0.2) is 24.3 Å². The molecule has 1 aliphatic heterocycles. The number of nitrogens with one attached hydrogen (secondary N) is 1. The van der Waals surface area contributed by atoms with Gasteiger partial charge in [0.15, 0.2) is 0 Å². The van der Waals surface area contributed by atoms with Crippen molar-refractivity contribution in [2.75, 3.05) is 13.2 Å². The molecule has 2 heteroatoms. The molecular weight excluding hydrogens is 246 g/mol. The fourth-order valence-corrected chi connectivity index (χ4v) is 3.24. The summed E-state index contributed by atoms with van der Waals surface area (Å²) in [6.45, 7) is 10.8. The van der Waals surface area contributed by atoms with Crippen LogP contribution in [0.5, 0.6) is 0 Å². The molecule has 3 atom stereocenters. The summed E-state index contributed by atoms with van der Waals surface area (Å²) in [5.41, 5.74) is 2.88. The summed E-state index contributed by atoms with van der Waals surface area (Å²) in [5, 5.41) is 3.66. The molecular formula is C18H29NO. The Kier molecular flexibility index (Phi) is 5.62. The van der Waals surface area contributed by atoms with Gasteiger partial charge in [0.05, 0.1) is 12.7 Å². The van der Waals surface area contributed by atoms with E-state index >= 15 is 0 Å². The first-order valence-corrected chi connectivity index (χ1v) is 8.04. The Hall–Kier alpha value is -0.860. The molecule has 0 amide bonds. The predicted octanol–water partition coefficient (Wildman–Crippen LogP) is 3.96. The number of hydrogen-bond acceptors (Lipinski definition) is 2. The van der Waals surface area contributed by atoms with Gasteiger partial charge in [0.1, 0.15) is 0 Å². The van der Waals surface area contributed by atoms with Crippen LogP contribution in [0.2, 0.25) is 0 Å². The molecule has 112 valence electrons. The third kappa shape index (κ3) is 4.07. The molecule has 2 rings (SSSR count). The number of hydrogen-bond donors (Lipinski definition) is 1. The van der Waals surface area contributed by atoms with Crippen molar-refractivity contribution >= 4 is 0 Å². The van der Waals surface area contributed by atoms with Gasteiger partial charge in [0, 0.05) is 12.0 Å². The lowest BCUT2D eigenvalue weighted by Crippen LogP contribution is -2.28. The zero-order valence-electron chi connectivity index (χ0n) is 13.4. The van der Waals surface area contributed by atoms with Crippen LogP contribution in [0.4, 0.5) is 0 Å². The maximum absolute atomic E-state index is 5.77. The molecule has 3 unspecified atom stereocenters. The lowest BCUT2D eigenvalue weighted by Gasteiger charge is -2.24. The highest BCUT2D eigenvalue weighted by Crippen LogP contribution is 2.32. The highest BCUT2D eigenvalue weighted by molar-refractivity contribution is 5.27. The topological polar surface area (TPSA) is 21.3 Å². The Morgan fingerprint density at radius 2 is 2.15 bits per heavy atom. The highest BCUT2D eigenvalue weighted by atomic mass is 16.5. The molecule has 1 fully saturated rings. The lowest BCUT2D eigenvalue weighted by atomic mass is 9.89. The summed E-state index contributed by atoms with van der Waals surface area (Å²) in [7, 11) is 0. The Labute approximate surface area is 123 Å². The molecule has 1 heterocycles. The molecule has 1 aliphatic rings. The van der Waals surface area contributed by atoms with Crippen LogP contribution >= 0.6 is 0 Å². The van der Waals surface area contributed by atoms with Crippen molar-refractivity contribution in [2.24, 2.45) is 11.8 Å². The van der Waals surface area contributed by atoms with Crippen LogP contribution in [-0.4, -0.2) is 19.3 Å². The molecule has 0 saturated carbocycles. The van der Waals surface area contributed by atoms with Crippen molar-refractivity contribution in [2.45, 2.75) is 52.7 Å². The molecule has 0 aromatic heterocycles. The molecule has 0 aliphatic carbocycles. The van der Waals surface area contributed by atoms with E-state index in [-0.39, 0.29) is 0 Å². The maximum atomic E-state index is 5.77. The smallest absolute Gasteiger partial charge is 0.0551 e. The van der Waals surface area contributed by atoms with Crippen LogP contribution in [0.1, 0.15) is 51.3 Å². The van der Waals surface area contributed by atoms with Gasteiger partial charge in [-0.05, 0) is 43.4 Å². The fourth-order valence-electron chi connectivity index (χ4n) is 3.24. The lowest BCUT2D eigenvalue weighted by molar-refractivity contribution is 0.117. The van der Waals surface area contributed by atoms with Gasteiger partial charge in [0.2, 0.25) is 0 Å². The van der Waals surface area contributed by atoms with E-state index in [1.807, 2.05) is 0 Å². The van der Waals surface area contributed by atoms with Crippen molar-refractivity contribution in [3.05, 3.63) is 35.4 Å². The maximum Gasteiger partial charge on any atom is 0.0551 e. The van der Waals surface area contributed by atoms with Gasteiger partial charge in [-0.1, -0.05) is 45.0 Å². The van der Waals surface area contributed by atoms with E-state index in [0.717, 1.165) is 26.0 Å². The summed E-state index contributed by atoms with van der Waals surface area (Å²) in [4.78, 5) is 0. The average Bonchev–Trinajstić information content (AvgIpc) is 2.82. The molecule has 1 aromatic carbocycles. The summed E-state index contributed by atoms with van der Waals surface area (Å²) < 4.78 is 5.77. The minimum Gasteiger partial charge on any atom is -0.378 e. The van der Waals surface area contributed by atoms with Crippen molar-refractivity contribution in [1.29, 1.82) is 0 Å². The fraction of sp³-hybridized carbons (Fsp3) is 0.667. The second kappa shape index (κ2) is 7.24. The molecule has 1 aromatic rings. The average molecular weight is 275 g/mol. The molecule has 2 nitrogen and oxygen atoms in total. The third-order valence-corrected chi connectivity index (χ3v) is 4.08. The first-order valence-electron chi connectivity index (χ1n) is 8.04. The van der Waals surface area contributed by atoms with Gasteiger partial charge in [-0.15, -0.1) is 0 Å². The molecule has 20 heavy (non-hydrogen) atoms. The van der Waals surface area contributed by atoms with E-state index in [9.17, 15) is 0 Å². The van der Waals surface area contributed by atoms with Crippen LogP contribution < -0.4 is 5.32 Å². The van der Waals surface area contributed by atoms with E-state index < -0.39 is 0 Å². The van der Waals surface area contributed by atoms with E-state index in [2.05, 4.69) is 57.3 Å². The standard InChI is InChI=1S/C18H29NO/c1-5-19-18(17-10-14(4)20-12-17)16-8-6-7-15(11-16)9-13(2)3/h6-8,11,13-14,17-19H,5,9-10,12H2,1-4H3. The summed E-state index contributed by atoms with van der Waals surface area (Å²) in [6.07, 6.45) is 2.72. The van der Waals surface area contributed by atoms with Gasteiger partial charge in [-0.2, -0.15) is 0 Å². The van der Waals surface area contributed by atoms with E-state index in [0.29, 0.717) is 24.0 Å². The van der Waals surface area contributed by atoms with Gasteiger partial charge in [0.25, 0.3) is 0 Å². The Balaban J connectivity index is 2.16. The summed E-state index contributed by atoms with van der Waals surface area (Å²) in [6, 6.07) is 9.53. The van der Waals surface area contributed by atoms with Gasteiger partial charge < -0.3 is 10.1 Å². The van der Waals surface area contributed by atoms with Crippen molar-refractivity contribution in [1.82, 2.24) is 5.32 Å². The molecule has 0 radical (unpaired) electrons. The first-order chi connectivity index (χ1) is 9.60. The zero-order valence-corrected chi connectivity index (χ0v) is 13.4. The minimum atomic E-state index is 0.403. The normalized spacial score (nSPS) is 24.2. The SMILES string of the molecule is CCNC(c1cccc(CC(C)C)c1)C1COC(C)C1. The van der Waals surface area contributed by atoms with Gasteiger partial charge in [-0.3, -0.25) is 0 Å². The van der Waals surface area contributed by atoms with E-state index in [1.54, 1.807) is 0 Å². The summed E-state index contributed by atoms with van der Waals surface area (Å²) >= 11 is 0. The summed E-state index contributed by atoms with van der Waals surface area (Å²) in [5.74, 6) is 1.30. The van der Waals surface area contributed by atoms with Gasteiger partial charge in [-0.25, -0.2) is 0 Å². The van der Waals surface area contributed by atoms with Crippen LogP contribution in [-0.2, 0) is 11.2 Å². The van der Waals surface area contributed by atoms with Crippen molar-refractivity contribution in [3.63, 3.8) is 0 Å². The monoisotopic (exact) mass is 275 g/mol. The van der Waals surface area contributed by atoms with Crippen LogP contribution in [0, 0.1) is 11.8 Å². The minimum absolute atomic E-state index is 0.403. The zero-order chi connectivity index (χ0) is 14.5. The molecule has 0 bridgehead atoms. The molecule has 0 spiro atoms. The van der Waals surface area contributed by atoms with E-state index in [4.69, 9.17) is 4.74 Å². The second-order valence-corrected chi connectivity index (χ2v) is 6.52. The third-order valence-electron chi connectivity index (χ3n) is 4.08. The number of ether oxygens (including phenoxy) is 1. The highest BCUT2D eigenvalue weighted by Gasteiger charge is 2.30. The molecule has 1 N–H and O–H groups in total. The van der Waals surface area contributed by atoms with Crippen molar-refractivity contribution < 1.29 is 4.74 Å². The number of benzene rings is 1. The first kappa shape index (κ1) is 15.5. The Bertz CT molecular complexity index is 416. The van der Waals surface area contributed by atoms with Crippen LogP contribution in [0.25, 0.3) is 0 Å². The Morgan fingerprint density at radius 1 is 1.35 bits per heavy atom. The van der Waals surface area contributed by atoms with E-state index in [1.165, 1.54) is 11.1 Å². The number of rotatable bonds is 6. The second-order valence-electron chi connectivity index (χ2n) is 6.52. The molecule has 1 saturated heterocycles. The predicted molar refractivity (Wildman–Crippen MR) is 84.9 cm³/mol. The van der Waals surface area contributed by atoms with Gasteiger partial charge >= 0.3 is 0 Å². The largest absolute Gasteiger partial charge is 0.378 e. The van der Waals surface area contributed by atoms with Crippen LogP contribution in [0.3, 0.4) is 0 Å².